The normalized spacial score (nSPS) is 16.8. The van der Waals surface area contributed by atoms with E-state index >= 15 is 0 Å². The Hall–Kier alpha value is -2.50. The van der Waals surface area contributed by atoms with Crippen molar-refractivity contribution in [3.05, 3.63) is 40.7 Å². The molecule has 140 valence electrons. The van der Waals surface area contributed by atoms with E-state index in [2.05, 4.69) is 5.10 Å². The molecule has 1 atom stereocenters. The van der Waals surface area contributed by atoms with Crippen LogP contribution in [-0.4, -0.2) is 41.4 Å². The van der Waals surface area contributed by atoms with Crippen molar-refractivity contribution in [2.24, 2.45) is 7.05 Å². The van der Waals surface area contributed by atoms with Crippen molar-refractivity contribution in [3.63, 3.8) is 0 Å². The predicted molar refractivity (Wildman–Crippen MR) is 99.6 cm³/mol. The van der Waals surface area contributed by atoms with Gasteiger partial charge in [0, 0.05) is 36.5 Å². The SMILES string of the molecule is COc1ccc(C2CCCN2C(=O)Cc2c(C)nn(C)c2C)c(OC)c1. The van der Waals surface area contributed by atoms with Crippen LogP contribution in [-0.2, 0) is 18.3 Å². The zero-order valence-corrected chi connectivity index (χ0v) is 16.2. The van der Waals surface area contributed by atoms with E-state index < -0.39 is 0 Å². The van der Waals surface area contributed by atoms with Gasteiger partial charge >= 0.3 is 0 Å². The number of hydrogen-bond acceptors (Lipinski definition) is 4. The van der Waals surface area contributed by atoms with Crippen molar-refractivity contribution in [1.29, 1.82) is 0 Å². The Morgan fingerprint density at radius 1 is 1.27 bits per heavy atom. The Bertz CT molecular complexity index is 813. The minimum Gasteiger partial charge on any atom is -0.497 e. The summed E-state index contributed by atoms with van der Waals surface area (Å²) in [4.78, 5) is 15.0. The number of ether oxygens (including phenoxy) is 2. The van der Waals surface area contributed by atoms with Crippen LogP contribution in [0.15, 0.2) is 18.2 Å². The number of benzene rings is 1. The molecule has 1 amide bonds. The number of nitrogens with zero attached hydrogens (tertiary/aromatic N) is 3. The van der Waals surface area contributed by atoms with Gasteiger partial charge in [-0.2, -0.15) is 5.10 Å². The van der Waals surface area contributed by atoms with Crippen molar-refractivity contribution in [2.45, 2.75) is 39.2 Å². The van der Waals surface area contributed by atoms with Gasteiger partial charge in [0.05, 0.1) is 32.4 Å². The van der Waals surface area contributed by atoms with Gasteiger partial charge in [0.25, 0.3) is 0 Å². The van der Waals surface area contributed by atoms with E-state index in [1.165, 1.54) is 0 Å². The van der Waals surface area contributed by atoms with Gasteiger partial charge in [0.2, 0.25) is 5.91 Å². The van der Waals surface area contributed by atoms with E-state index in [0.717, 1.165) is 53.4 Å². The molecule has 1 aliphatic heterocycles. The number of rotatable bonds is 5. The van der Waals surface area contributed by atoms with E-state index in [0.29, 0.717) is 6.42 Å². The highest BCUT2D eigenvalue weighted by molar-refractivity contribution is 5.80. The molecule has 1 unspecified atom stereocenters. The topological polar surface area (TPSA) is 56.6 Å². The molecule has 2 heterocycles. The summed E-state index contributed by atoms with van der Waals surface area (Å²) in [7, 11) is 5.21. The molecule has 2 aromatic rings. The van der Waals surface area contributed by atoms with Gasteiger partial charge in [-0.1, -0.05) is 0 Å². The van der Waals surface area contributed by atoms with E-state index in [1.807, 2.05) is 48.7 Å². The smallest absolute Gasteiger partial charge is 0.227 e. The molecule has 0 N–H and O–H groups in total. The summed E-state index contributed by atoms with van der Waals surface area (Å²) >= 11 is 0. The molecule has 1 aromatic carbocycles. The summed E-state index contributed by atoms with van der Waals surface area (Å²) in [5, 5.41) is 4.43. The molecule has 0 radical (unpaired) electrons. The molecule has 1 aliphatic rings. The molecule has 6 nitrogen and oxygen atoms in total. The molecule has 3 rings (SSSR count). The summed E-state index contributed by atoms with van der Waals surface area (Å²) < 4.78 is 12.7. The van der Waals surface area contributed by atoms with Crippen LogP contribution in [0.25, 0.3) is 0 Å². The third kappa shape index (κ3) is 3.28. The average molecular weight is 357 g/mol. The van der Waals surface area contributed by atoms with Crippen LogP contribution >= 0.6 is 0 Å². The Kier molecular flexibility index (Phi) is 5.20. The molecule has 26 heavy (non-hydrogen) atoms. The molecular formula is C20H27N3O3. The lowest BCUT2D eigenvalue weighted by Gasteiger charge is -2.26. The van der Waals surface area contributed by atoms with Crippen molar-refractivity contribution in [3.8, 4) is 11.5 Å². The van der Waals surface area contributed by atoms with Crippen molar-refractivity contribution in [1.82, 2.24) is 14.7 Å². The lowest BCUT2D eigenvalue weighted by molar-refractivity contribution is -0.131. The van der Waals surface area contributed by atoms with E-state index in [-0.39, 0.29) is 11.9 Å². The summed E-state index contributed by atoms with van der Waals surface area (Å²) in [5.74, 6) is 1.66. The van der Waals surface area contributed by atoms with Gasteiger partial charge in [-0.25, -0.2) is 0 Å². The monoisotopic (exact) mass is 357 g/mol. The van der Waals surface area contributed by atoms with Gasteiger partial charge in [-0.05, 0) is 38.8 Å². The minimum absolute atomic E-state index is 0.0423. The fourth-order valence-electron chi connectivity index (χ4n) is 3.81. The number of carbonyl (C=O) groups excluding carboxylic acids is 1. The number of aromatic nitrogens is 2. The first kappa shape index (κ1) is 18.3. The Labute approximate surface area is 154 Å². The lowest BCUT2D eigenvalue weighted by atomic mass is 10.0. The summed E-state index contributed by atoms with van der Waals surface area (Å²) in [6.45, 7) is 4.75. The van der Waals surface area contributed by atoms with Crippen molar-refractivity contribution in [2.75, 3.05) is 20.8 Å². The zero-order valence-electron chi connectivity index (χ0n) is 16.2. The van der Waals surface area contributed by atoms with Gasteiger partial charge < -0.3 is 14.4 Å². The first-order valence-corrected chi connectivity index (χ1v) is 8.96. The highest BCUT2D eigenvalue weighted by atomic mass is 16.5. The number of hydrogen-bond donors (Lipinski definition) is 0. The number of carbonyl (C=O) groups is 1. The van der Waals surface area contributed by atoms with Gasteiger partial charge in [0.1, 0.15) is 11.5 Å². The third-order valence-corrected chi connectivity index (χ3v) is 5.36. The maximum absolute atomic E-state index is 13.1. The van der Waals surface area contributed by atoms with Crippen molar-refractivity contribution >= 4 is 5.91 Å². The number of likely N-dealkylation sites (tertiary alicyclic amines) is 1. The van der Waals surface area contributed by atoms with Crippen LogP contribution in [0.3, 0.4) is 0 Å². The third-order valence-electron chi connectivity index (χ3n) is 5.36. The first-order valence-electron chi connectivity index (χ1n) is 8.96. The fourth-order valence-corrected chi connectivity index (χ4v) is 3.81. The van der Waals surface area contributed by atoms with Crippen LogP contribution in [0.4, 0.5) is 0 Å². The van der Waals surface area contributed by atoms with Crippen LogP contribution < -0.4 is 9.47 Å². The molecular weight excluding hydrogens is 330 g/mol. The fraction of sp³-hybridized carbons (Fsp3) is 0.500. The van der Waals surface area contributed by atoms with E-state index in [9.17, 15) is 4.79 Å². The maximum Gasteiger partial charge on any atom is 0.227 e. The first-order chi connectivity index (χ1) is 12.5. The molecule has 6 heteroatoms. The largest absolute Gasteiger partial charge is 0.497 e. The van der Waals surface area contributed by atoms with Crippen LogP contribution in [0.1, 0.15) is 41.4 Å². The number of methoxy groups -OCH3 is 2. The summed E-state index contributed by atoms with van der Waals surface area (Å²) in [6.07, 6.45) is 2.33. The maximum atomic E-state index is 13.1. The van der Waals surface area contributed by atoms with E-state index in [4.69, 9.17) is 9.47 Å². The molecule has 1 aromatic heterocycles. The molecule has 0 bridgehead atoms. The lowest BCUT2D eigenvalue weighted by Crippen LogP contribution is -2.32. The van der Waals surface area contributed by atoms with Gasteiger partial charge in [0.15, 0.2) is 0 Å². The van der Waals surface area contributed by atoms with Crippen LogP contribution in [0.5, 0.6) is 11.5 Å². The highest BCUT2D eigenvalue weighted by Gasteiger charge is 2.32. The molecule has 0 spiro atoms. The standard InChI is InChI=1S/C20H27N3O3/c1-13-17(14(2)22(3)21-13)12-20(24)23-10-6-7-18(23)16-9-8-15(25-4)11-19(16)26-5/h8-9,11,18H,6-7,10,12H2,1-5H3. The Balaban J connectivity index is 1.85. The van der Waals surface area contributed by atoms with Crippen molar-refractivity contribution < 1.29 is 14.3 Å². The summed E-state index contributed by atoms with van der Waals surface area (Å²) in [6, 6.07) is 5.86. The molecule has 0 saturated carbocycles. The molecule has 1 saturated heterocycles. The van der Waals surface area contributed by atoms with Gasteiger partial charge in [-0.3, -0.25) is 9.48 Å². The average Bonchev–Trinajstić information content (AvgIpc) is 3.22. The Morgan fingerprint density at radius 2 is 2.04 bits per heavy atom. The van der Waals surface area contributed by atoms with Crippen LogP contribution in [0.2, 0.25) is 0 Å². The van der Waals surface area contributed by atoms with Gasteiger partial charge in [-0.15, -0.1) is 0 Å². The second kappa shape index (κ2) is 7.40. The van der Waals surface area contributed by atoms with Crippen LogP contribution in [0, 0.1) is 13.8 Å². The summed E-state index contributed by atoms with van der Waals surface area (Å²) in [5.41, 5.74) is 4.05. The zero-order chi connectivity index (χ0) is 18.8. The number of amides is 1. The predicted octanol–water partition coefficient (Wildman–Crippen LogP) is 2.96. The molecule has 0 aliphatic carbocycles. The second-order valence-corrected chi connectivity index (χ2v) is 6.80. The number of aryl methyl sites for hydroxylation is 2. The minimum atomic E-state index is 0.0423. The Morgan fingerprint density at radius 3 is 2.65 bits per heavy atom. The van der Waals surface area contributed by atoms with E-state index in [1.54, 1.807) is 14.2 Å². The molecule has 1 fully saturated rings. The second-order valence-electron chi connectivity index (χ2n) is 6.80. The quantitative estimate of drug-likeness (QED) is 0.825. The highest BCUT2D eigenvalue weighted by Crippen LogP contribution is 2.39.